The Morgan fingerprint density at radius 1 is 1.48 bits per heavy atom. The fourth-order valence-electron chi connectivity index (χ4n) is 2.92. The van der Waals surface area contributed by atoms with Crippen LogP contribution in [0.2, 0.25) is 0 Å². The van der Waals surface area contributed by atoms with Gasteiger partial charge in [0.2, 0.25) is 0 Å². The van der Waals surface area contributed by atoms with E-state index in [0.717, 1.165) is 19.4 Å². The first kappa shape index (κ1) is 16.1. The number of nitrogens with two attached hydrogens (primary N) is 1. The van der Waals surface area contributed by atoms with Gasteiger partial charge in [0.25, 0.3) is 5.91 Å². The van der Waals surface area contributed by atoms with Crippen molar-refractivity contribution >= 4 is 17.2 Å². The largest absolute Gasteiger partial charge is 0.337 e. The first-order chi connectivity index (χ1) is 11.1. The number of halogens is 1. The predicted molar refractivity (Wildman–Crippen MR) is 89.8 cm³/mol. The van der Waals surface area contributed by atoms with Gasteiger partial charge in [0, 0.05) is 30.1 Å². The van der Waals surface area contributed by atoms with Crippen LogP contribution in [0.25, 0.3) is 10.6 Å². The molecule has 0 spiro atoms. The standard InChI is InChI=1S/C17H20FN3OS/c1-11(19)12-5-4-8-21(9-12)17(22)15-10-23-16(20-15)13-6-2-3-7-14(13)18/h2-3,6-7,10-12H,4-5,8-9,19H2,1H3/t11-,12-/m1/s1. The van der Waals surface area contributed by atoms with Gasteiger partial charge in [-0.2, -0.15) is 0 Å². The molecule has 0 aliphatic carbocycles. The minimum absolute atomic E-state index is 0.0787. The number of thiazole rings is 1. The van der Waals surface area contributed by atoms with Crippen LogP contribution in [-0.4, -0.2) is 34.9 Å². The van der Waals surface area contributed by atoms with Crippen LogP contribution in [-0.2, 0) is 0 Å². The van der Waals surface area contributed by atoms with Gasteiger partial charge in [-0.3, -0.25) is 4.79 Å². The fourth-order valence-corrected chi connectivity index (χ4v) is 3.74. The highest BCUT2D eigenvalue weighted by Gasteiger charge is 2.27. The molecule has 1 aliphatic heterocycles. The van der Waals surface area contributed by atoms with Crippen molar-refractivity contribution in [2.45, 2.75) is 25.8 Å². The topological polar surface area (TPSA) is 59.2 Å². The molecule has 0 radical (unpaired) electrons. The molecule has 4 nitrogen and oxygen atoms in total. The Kier molecular flexibility index (Phi) is 4.73. The molecule has 1 aromatic heterocycles. The summed E-state index contributed by atoms with van der Waals surface area (Å²) in [5, 5.41) is 2.24. The Bertz CT molecular complexity index is 701. The van der Waals surface area contributed by atoms with Crippen molar-refractivity contribution in [1.82, 2.24) is 9.88 Å². The van der Waals surface area contributed by atoms with E-state index in [1.807, 2.05) is 11.8 Å². The summed E-state index contributed by atoms with van der Waals surface area (Å²) in [6, 6.07) is 6.56. The number of rotatable bonds is 3. The summed E-state index contributed by atoms with van der Waals surface area (Å²) in [6.45, 7) is 3.38. The molecule has 0 bridgehead atoms. The summed E-state index contributed by atoms with van der Waals surface area (Å²) in [5.41, 5.74) is 6.79. The number of aromatic nitrogens is 1. The van der Waals surface area contributed by atoms with E-state index in [0.29, 0.717) is 28.7 Å². The second-order valence-corrected chi connectivity index (χ2v) is 6.89. The number of benzene rings is 1. The summed E-state index contributed by atoms with van der Waals surface area (Å²) in [4.78, 5) is 18.8. The molecule has 1 saturated heterocycles. The van der Waals surface area contributed by atoms with Crippen LogP contribution in [0.3, 0.4) is 0 Å². The number of hydrogen-bond acceptors (Lipinski definition) is 4. The van der Waals surface area contributed by atoms with E-state index in [4.69, 9.17) is 5.73 Å². The van der Waals surface area contributed by atoms with Crippen molar-refractivity contribution in [2.75, 3.05) is 13.1 Å². The lowest BCUT2D eigenvalue weighted by atomic mass is 9.92. The van der Waals surface area contributed by atoms with E-state index in [9.17, 15) is 9.18 Å². The highest BCUT2D eigenvalue weighted by molar-refractivity contribution is 7.13. The van der Waals surface area contributed by atoms with Crippen molar-refractivity contribution in [3.63, 3.8) is 0 Å². The van der Waals surface area contributed by atoms with Gasteiger partial charge in [-0.15, -0.1) is 11.3 Å². The maximum atomic E-state index is 13.8. The minimum atomic E-state index is -0.323. The third kappa shape index (κ3) is 3.43. The molecule has 3 rings (SSSR count). The molecule has 2 heterocycles. The minimum Gasteiger partial charge on any atom is -0.337 e. The molecule has 6 heteroatoms. The third-order valence-corrected chi connectivity index (χ3v) is 5.19. The van der Waals surface area contributed by atoms with Crippen LogP contribution in [0.1, 0.15) is 30.3 Å². The number of nitrogens with zero attached hydrogens (tertiary/aromatic N) is 2. The van der Waals surface area contributed by atoms with Crippen molar-refractivity contribution in [1.29, 1.82) is 0 Å². The van der Waals surface area contributed by atoms with Crippen LogP contribution in [0.4, 0.5) is 4.39 Å². The normalized spacial score (nSPS) is 19.6. The Morgan fingerprint density at radius 3 is 3.00 bits per heavy atom. The Labute approximate surface area is 139 Å². The van der Waals surface area contributed by atoms with Gasteiger partial charge < -0.3 is 10.6 Å². The summed E-state index contributed by atoms with van der Waals surface area (Å²) in [7, 11) is 0. The Hall–Kier alpha value is -1.79. The molecule has 0 unspecified atom stereocenters. The van der Waals surface area contributed by atoms with Crippen molar-refractivity contribution in [3.8, 4) is 10.6 Å². The molecule has 1 fully saturated rings. The number of piperidine rings is 1. The van der Waals surface area contributed by atoms with Crippen molar-refractivity contribution in [3.05, 3.63) is 41.2 Å². The van der Waals surface area contributed by atoms with E-state index in [1.165, 1.54) is 17.4 Å². The monoisotopic (exact) mass is 333 g/mol. The molecule has 2 aromatic rings. The summed E-state index contributed by atoms with van der Waals surface area (Å²) in [5.74, 6) is -0.0811. The second-order valence-electron chi connectivity index (χ2n) is 6.03. The van der Waals surface area contributed by atoms with Gasteiger partial charge in [-0.05, 0) is 37.8 Å². The van der Waals surface area contributed by atoms with Gasteiger partial charge in [-0.25, -0.2) is 9.37 Å². The van der Waals surface area contributed by atoms with Gasteiger partial charge in [0.1, 0.15) is 16.5 Å². The molecule has 1 amide bonds. The van der Waals surface area contributed by atoms with E-state index < -0.39 is 0 Å². The molecule has 23 heavy (non-hydrogen) atoms. The first-order valence-electron chi connectivity index (χ1n) is 7.81. The molecule has 2 N–H and O–H groups in total. The number of hydrogen-bond donors (Lipinski definition) is 1. The molecular formula is C17H20FN3OS. The SMILES string of the molecule is C[C@@H](N)[C@@H]1CCCN(C(=O)c2csc(-c3ccccc3F)n2)C1. The zero-order valence-corrected chi connectivity index (χ0v) is 13.9. The maximum Gasteiger partial charge on any atom is 0.273 e. The number of amides is 1. The third-order valence-electron chi connectivity index (χ3n) is 4.32. The van der Waals surface area contributed by atoms with Crippen LogP contribution < -0.4 is 5.73 Å². The molecule has 1 aliphatic rings. The van der Waals surface area contributed by atoms with Crippen LogP contribution in [0, 0.1) is 11.7 Å². The lowest BCUT2D eigenvalue weighted by molar-refractivity contribution is 0.0656. The van der Waals surface area contributed by atoms with Gasteiger partial charge in [0.05, 0.1) is 0 Å². The van der Waals surface area contributed by atoms with E-state index in [-0.39, 0.29) is 17.8 Å². The average molecular weight is 333 g/mol. The molecular weight excluding hydrogens is 313 g/mol. The van der Waals surface area contributed by atoms with Crippen LogP contribution in [0.15, 0.2) is 29.6 Å². The highest BCUT2D eigenvalue weighted by atomic mass is 32.1. The number of likely N-dealkylation sites (tertiary alicyclic amines) is 1. The lowest BCUT2D eigenvalue weighted by Crippen LogP contribution is -2.45. The summed E-state index contributed by atoms with van der Waals surface area (Å²) in [6.07, 6.45) is 2.02. The van der Waals surface area contributed by atoms with Gasteiger partial charge >= 0.3 is 0 Å². The van der Waals surface area contributed by atoms with Gasteiger partial charge in [-0.1, -0.05) is 12.1 Å². The van der Waals surface area contributed by atoms with E-state index >= 15 is 0 Å². The smallest absolute Gasteiger partial charge is 0.273 e. The Morgan fingerprint density at radius 2 is 2.26 bits per heavy atom. The summed E-state index contributed by atoms with van der Waals surface area (Å²) >= 11 is 1.29. The van der Waals surface area contributed by atoms with E-state index in [1.54, 1.807) is 23.6 Å². The maximum absolute atomic E-state index is 13.8. The predicted octanol–water partition coefficient (Wildman–Crippen LogP) is 3.15. The quantitative estimate of drug-likeness (QED) is 0.939. The second kappa shape index (κ2) is 6.76. The van der Waals surface area contributed by atoms with Crippen LogP contribution in [0.5, 0.6) is 0 Å². The molecule has 0 saturated carbocycles. The fraction of sp³-hybridized carbons (Fsp3) is 0.412. The van der Waals surface area contributed by atoms with Crippen LogP contribution >= 0.6 is 11.3 Å². The molecule has 122 valence electrons. The molecule has 2 atom stereocenters. The number of carbonyl (C=O) groups excluding carboxylic acids is 1. The van der Waals surface area contributed by atoms with Crippen molar-refractivity contribution < 1.29 is 9.18 Å². The first-order valence-corrected chi connectivity index (χ1v) is 8.69. The van der Waals surface area contributed by atoms with E-state index in [2.05, 4.69) is 4.98 Å². The zero-order chi connectivity index (χ0) is 16.4. The number of carbonyl (C=O) groups is 1. The molecule has 1 aromatic carbocycles. The lowest BCUT2D eigenvalue weighted by Gasteiger charge is -2.34. The Balaban J connectivity index is 1.78. The van der Waals surface area contributed by atoms with Gasteiger partial charge in [0.15, 0.2) is 0 Å². The highest BCUT2D eigenvalue weighted by Crippen LogP contribution is 2.27. The van der Waals surface area contributed by atoms with Crippen molar-refractivity contribution in [2.24, 2.45) is 11.7 Å². The zero-order valence-electron chi connectivity index (χ0n) is 13.0. The summed E-state index contributed by atoms with van der Waals surface area (Å²) < 4.78 is 13.8. The average Bonchev–Trinajstić information content (AvgIpc) is 3.04.